The van der Waals surface area contributed by atoms with Gasteiger partial charge in [0.15, 0.2) is 6.10 Å². The summed E-state index contributed by atoms with van der Waals surface area (Å²) < 4.78 is 19.9. The van der Waals surface area contributed by atoms with Crippen LogP contribution in [0, 0.1) is 11.7 Å². The van der Waals surface area contributed by atoms with E-state index >= 15 is 0 Å². The molecule has 5 rings (SSSR count). The summed E-state index contributed by atoms with van der Waals surface area (Å²) in [5.41, 5.74) is 1.57. The Morgan fingerprint density at radius 3 is 2.71 bits per heavy atom. The molecule has 5 heteroatoms. The summed E-state index contributed by atoms with van der Waals surface area (Å²) in [6.45, 7) is 2.05. The number of hydrogen-bond donors (Lipinski definition) is 1. The van der Waals surface area contributed by atoms with E-state index < -0.39 is 0 Å². The van der Waals surface area contributed by atoms with Gasteiger partial charge in [-0.2, -0.15) is 0 Å². The van der Waals surface area contributed by atoms with Crippen LogP contribution in [0.15, 0.2) is 47.5 Å². The number of benzene rings is 1. The Morgan fingerprint density at radius 2 is 2.00 bits per heavy atom. The molecule has 1 aromatic carbocycles. The zero-order valence-corrected chi connectivity index (χ0v) is 14.0. The molecule has 0 spiro atoms. The molecular weight excluding hydrogens is 325 g/mol. The number of esters is 1. The maximum Gasteiger partial charge on any atom is 0.349 e. The van der Waals surface area contributed by atoms with E-state index in [2.05, 4.69) is 0 Å². The molecule has 3 fully saturated rings. The Labute approximate surface area is 144 Å². The molecule has 0 radical (unpaired) electrons. The first kappa shape index (κ1) is 15.5. The average molecular weight is 344 g/mol. The highest BCUT2D eigenvalue weighted by molar-refractivity contribution is 7.11. The molecule has 0 saturated carbocycles. The first-order valence-corrected chi connectivity index (χ1v) is 9.16. The quantitative estimate of drug-likeness (QED) is 0.868. The molecule has 24 heavy (non-hydrogen) atoms. The molecule has 2 bridgehead atoms. The average Bonchev–Trinajstić information content (AvgIpc) is 3.14. The molecule has 3 aliphatic rings. The smallest absolute Gasteiger partial charge is 0.349 e. The molecule has 1 N–H and O–H groups in total. The number of ether oxygens (including phenoxy) is 1. The van der Waals surface area contributed by atoms with Crippen LogP contribution >= 0.6 is 11.3 Å². The number of nitrogens with one attached hydrogen (secondary N) is 1. The van der Waals surface area contributed by atoms with Crippen LogP contribution < -0.4 is 4.90 Å². The normalized spacial score (nSPS) is 27.4. The molecule has 4 heterocycles. The number of rotatable bonds is 3. The fourth-order valence-corrected chi connectivity index (χ4v) is 4.31. The Bertz CT molecular complexity index is 763. The number of carbonyl (C=O) groups is 1. The largest absolute Gasteiger partial charge is 0.447 e. The fourth-order valence-electron chi connectivity index (χ4n) is 3.71. The van der Waals surface area contributed by atoms with Crippen LogP contribution in [0.3, 0.4) is 0 Å². The fraction of sp³-hybridized carbons (Fsp3) is 0.316. The molecule has 0 aliphatic carbocycles. The summed E-state index contributed by atoms with van der Waals surface area (Å²) in [6, 6.07) is 10.4. The van der Waals surface area contributed by atoms with Gasteiger partial charge in [0.1, 0.15) is 16.4 Å². The monoisotopic (exact) mass is 344 g/mol. The van der Waals surface area contributed by atoms with Gasteiger partial charge in [0, 0.05) is 30.4 Å². The van der Waals surface area contributed by atoms with Gasteiger partial charge in [-0.15, -0.1) is 11.3 Å². The molecule has 3 nitrogen and oxygen atoms in total. The second kappa shape index (κ2) is 6.49. The van der Waals surface area contributed by atoms with Gasteiger partial charge in [-0.05, 0) is 17.5 Å². The molecular formula is C19H19FNO2S+. The standard InChI is InChI=1S/C19H18FNO2S/c20-15-5-2-1-4-14(15)12-16-18(13-7-9-21(16)10-8-13)23-19(22)17-6-3-11-24-17/h1-6,11-13,18H,7-10H2/p+1/b16-12-/t18-/m0/s1. The second-order valence-electron chi connectivity index (χ2n) is 6.37. The second-order valence-corrected chi connectivity index (χ2v) is 7.31. The number of thiophene rings is 1. The van der Waals surface area contributed by atoms with Gasteiger partial charge in [0.2, 0.25) is 0 Å². The number of quaternary nitrogens is 1. The molecule has 0 unspecified atom stereocenters. The first-order valence-electron chi connectivity index (χ1n) is 8.28. The van der Waals surface area contributed by atoms with Gasteiger partial charge in [-0.3, -0.25) is 0 Å². The number of hydrogen-bond acceptors (Lipinski definition) is 3. The van der Waals surface area contributed by atoms with Gasteiger partial charge in [0.05, 0.1) is 13.1 Å². The van der Waals surface area contributed by atoms with Gasteiger partial charge in [0.25, 0.3) is 0 Å². The highest BCUT2D eigenvalue weighted by atomic mass is 32.1. The van der Waals surface area contributed by atoms with E-state index in [0.717, 1.165) is 31.6 Å². The van der Waals surface area contributed by atoms with Crippen molar-refractivity contribution in [3.63, 3.8) is 0 Å². The van der Waals surface area contributed by atoms with Crippen molar-refractivity contribution in [3.8, 4) is 0 Å². The van der Waals surface area contributed by atoms with Gasteiger partial charge in [-0.25, -0.2) is 9.18 Å². The zero-order valence-electron chi connectivity index (χ0n) is 13.2. The van der Waals surface area contributed by atoms with Gasteiger partial charge >= 0.3 is 5.97 Å². The van der Waals surface area contributed by atoms with Crippen LogP contribution in [0.2, 0.25) is 0 Å². The van der Waals surface area contributed by atoms with Crippen LogP contribution in [-0.2, 0) is 4.74 Å². The van der Waals surface area contributed by atoms with Crippen LogP contribution in [0.4, 0.5) is 4.39 Å². The molecule has 1 atom stereocenters. The summed E-state index contributed by atoms with van der Waals surface area (Å²) in [5.74, 6) is -0.178. The minimum atomic E-state index is -0.275. The van der Waals surface area contributed by atoms with E-state index in [9.17, 15) is 9.18 Å². The summed E-state index contributed by atoms with van der Waals surface area (Å²) in [7, 11) is 0. The van der Waals surface area contributed by atoms with E-state index in [1.165, 1.54) is 22.3 Å². The molecule has 3 aliphatic heterocycles. The van der Waals surface area contributed by atoms with Crippen molar-refractivity contribution in [1.82, 2.24) is 0 Å². The first-order chi connectivity index (χ1) is 11.7. The van der Waals surface area contributed by atoms with Crippen molar-refractivity contribution >= 4 is 23.4 Å². The van der Waals surface area contributed by atoms with Crippen molar-refractivity contribution in [1.29, 1.82) is 0 Å². The number of carbonyl (C=O) groups excluding carboxylic acids is 1. The molecule has 124 valence electrons. The summed E-state index contributed by atoms with van der Waals surface area (Å²) >= 11 is 1.39. The van der Waals surface area contributed by atoms with Crippen molar-refractivity contribution < 1.29 is 18.8 Å². The Kier molecular flexibility index (Phi) is 4.21. The lowest BCUT2D eigenvalue weighted by molar-refractivity contribution is -0.880. The third-order valence-corrected chi connectivity index (χ3v) is 5.80. The maximum absolute atomic E-state index is 14.0. The minimum absolute atomic E-state index is 0.240. The van der Waals surface area contributed by atoms with Crippen LogP contribution in [0.25, 0.3) is 6.08 Å². The lowest BCUT2D eigenvalue weighted by atomic mass is 9.82. The lowest BCUT2D eigenvalue weighted by Crippen LogP contribution is -3.14. The van der Waals surface area contributed by atoms with Crippen LogP contribution in [0.1, 0.15) is 28.1 Å². The summed E-state index contributed by atoms with van der Waals surface area (Å²) in [4.78, 5) is 14.3. The van der Waals surface area contributed by atoms with Gasteiger partial charge in [-0.1, -0.05) is 24.3 Å². The number of piperidine rings is 3. The van der Waals surface area contributed by atoms with E-state index in [4.69, 9.17) is 4.74 Å². The highest BCUT2D eigenvalue weighted by Gasteiger charge is 2.44. The van der Waals surface area contributed by atoms with E-state index in [0.29, 0.717) is 16.4 Å². The minimum Gasteiger partial charge on any atom is -0.447 e. The molecule has 3 saturated heterocycles. The topological polar surface area (TPSA) is 30.7 Å². The summed E-state index contributed by atoms with van der Waals surface area (Å²) in [5, 5.41) is 1.87. The molecule has 2 aromatic rings. The lowest BCUT2D eigenvalue weighted by Gasteiger charge is -2.42. The third-order valence-electron chi connectivity index (χ3n) is 4.95. The Balaban J connectivity index is 1.65. The van der Waals surface area contributed by atoms with Crippen LogP contribution in [-0.4, -0.2) is 25.2 Å². The predicted octanol–water partition coefficient (Wildman–Crippen LogP) is 2.76. The zero-order chi connectivity index (χ0) is 16.5. The molecule has 0 amide bonds. The van der Waals surface area contributed by atoms with Gasteiger partial charge < -0.3 is 9.64 Å². The van der Waals surface area contributed by atoms with Crippen molar-refractivity contribution in [2.24, 2.45) is 5.92 Å². The Morgan fingerprint density at radius 1 is 1.21 bits per heavy atom. The van der Waals surface area contributed by atoms with E-state index in [-0.39, 0.29) is 17.9 Å². The third kappa shape index (κ3) is 2.89. The Hall–Kier alpha value is -1.98. The number of halogens is 1. The van der Waals surface area contributed by atoms with Crippen molar-refractivity contribution in [2.45, 2.75) is 18.9 Å². The maximum atomic E-state index is 14.0. The van der Waals surface area contributed by atoms with E-state index in [1.807, 2.05) is 23.6 Å². The summed E-state index contributed by atoms with van der Waals surface area (Å²) in [6.07, 6.45) is 3.72. The van der Waals surface area contributed by atoms with Crippen LogP contribution in [0.5, 0.6) is 0 Å². The predicted molar refractivity (Wildman–Crippen MR) is 91.3 cm³/mol. The van der Waals surface area contributed by atoms with E-state index in [1.54, 1.807) is 18.2 Å². The van der Waals surface area contributed by atoms with Crippen molar-refractivity contribution in [3.05, 3.63) is 63.7 Å². The number of fused-ring (bicyclic) bond motifs is 3. The molecule has 1 aromatic heterocycles. The van der Waals surface area contributed by atoms with Crippen molar-refractivity contribution in [2.75, 3.05) is 13.1 Å². The SMILES string of the molecule is O=C(O[C@@H]1/C(=C/c2ccccc2F)[NH+]2CCC1CC2)c1cccs1. The highest BCUT2D eigenvalue weighted by Crippen LogP contribution is 2.29.